The summed E-state index contributed by atoms with van der Waals surface area (Å²) in [6.45, 7) is 4.99. The fraction of sp³-hybridized carbons (Fsp3) is 0.625. The van der Waals surface area contributed by atoms with Crippen LogP contribution < -0.4 is 0 Å². The van der Waals surface area contributed by atoms with Crippen molar-refractivity contribution < 1.29 is 14.3 Å². The zero-order valence-corrected chi connectivity index (χ0v) is 18.2. The first-order chi connectivity index (χ1) is 15.0. The molecule has 3 heterocycles. The molecule has 3 aliphatic rings. The number of carbonyl (C=O) groups is 1. The zero-order valence-electron chi connectivity index (χ0n) is 18.2. The van der Waals surface area contributed by atoms with Crippen LogP contribution in [0, 0.1) is 17.2 Å². The number of ether oxygens (including phenoxy) is 2. The topological polar surface area (TPSA) is 80.4 Å². The van der Waals surface area contributed by atoms with Crippen molar-refractivity contribution in [3.63, 3.8) is 0 Å². The van der Waals surface area contributed by atoms with Crippen LogP contribution in [0.3, 0.4) is 0 Å². The van der Waals surface area contributed by atoms with E-state index in [1.165, 1.54) is 0 Å². The van der Waals surface area contributed by atoms with Crippen molar-refractivity contribution in [2.45, 2.75) is 69.6 Å². The van der Waals surface area contributed by atoms with Gasteiger partial charge in [-0.05, 0) is 76.0 Å². The van der Waals surface area contributed by atoms with Gasteiger partial charge in [-0.3, -0.25) is 0 Å². The van der Waals surface area contributed by atoms with Crippen molar-refractivity contribution in [3.8, 4) is 6.07 Å². The molecule has 2 aromatic rings. The third-order valence-corrected chi connectivity index (χ3v) is 7.23. The number of hydrogen-bond donors (Lipinski definition) is 0. The molecule has 0 N–H and O–H groups in total. The van der Waals surface area contributed by atoms with Gasteiger partial charge in [0.1, 0.15) is 5.60 Å². The maximum absolute atomic E-state index is 12.7. The van der Waals surface area contributed by atoms with Gasteiger partial charge >= 0.3 is 6.09 Å². The largest absolute Gasteiger partial charge is 0.441 e. The summed E-state index contributed by atoms with van der Waals surface area (Å²) in [5, 5.41) is 9.23. The van der Waals surface area contributed by atoms with E-state index in [0.717, 1.165) is 69.1 Å². The van der Waals surface area contributed by atoms with E-state index >= 15 is 0 Å². The van der Waals surface area contributed by atoms with E-state index in [-0.39, 0.29) is 17.3 Å². The molecule has 3 fully saturated rings. The van der Waals surface area contributed by atoms with Gasteiger partial charge in [0.2, 0.25) is 0 Å². The lowest BCUT2D eigenvalue weighted by molar-refractivity contribution is -0.0763. The van der Waals surface area contributed by atoms with Crippen LogP contribution in [0.4, 0.5) is 4.79 Å². The van der Waals surface area contributed by atoms with E-state index < -0.39 is 0 Å². The van der Waals surface area contributed by atoms with Crippen LogP contribution >= 0.6 is 0 Å². The average Bonchev–Trinajstić information content (AvgIpc) is 3.28. The molecule has 1 saturated carbocycles. The highest BCUT2D eigenvalue weighted by atomic mass is 16.6. The van der Waals surface area contributed by atoms with E-state index in [2.05, 4.69) is 22.5 Å². The number of rotatable bonds is 4. The van der Waals surface area contributed by atoms with E-state index in [4.69, 9.17) is 9.47 Å². The maximum atomic E-state index is 12.7. The van der Waals surface area contributed by atoms with E-state index in [1.54, 1.807) is 6.07 Å². The number of fused-ring (bicyclic) bond motifs is 1. The minimum atomic E-state index is -0.390. The number of aromatic nitrogens is 2. The van der Waals surface area contributed by atoms with Gasteiger partial charge in [0.15, 0.2) is 0 Å². The Morgan fingerprint density at radius 3 is 3.00 bits per heavy atom. The monoisotopic (exact) mass is 422 g/mol. The van der Waals surface area contributed by atoms with Crippen LogP contribution in [0.1, 0.15) is 57.4 Å². The van der Waals surface area contributed by atoms with Gasteiger partial charge < -0.3 is 18.9 Å². The molecule has 1 spiro atoms. The summed E-state index contributed by atoms with van der Waals surface area (Å²) in [6.07, 6.45) is 8.86. The molecule has 7 heteroatoms. The van der Waals surface area contributed by atoms with Crippen molar-refractivity contribution in [2.24, 2.45) is 5.92 Å². The molecular formula is C24H30N4O3. The van der Waals surface area contributed by atoms with Gasteiger partial charge in [-0.2, -0.15) is 5.26 Å². The van der Waals surface area contributed by atoms with Crippen LogP contribution in [0.5, 0.6) is 0 Å². The number of benzene rings is 1. The SMILES string of the molecule is CC1(CN2CC3(CCCC(Cn4cnc5ccc(C#N)cc54)C3)OC2=O)CCCCO1. The molecule has 2 aliphatic heterocycles. The fourth-order valence-electron chi connectivity index (χ4n) is 5.72. The number of nitriles is 1. The summed E-state index contributed by atoms with van der Waals surface area (Å²) < 4.78 is 14.2. The van der Waals surface area contributed by atoms with Gasteiger partial charge in [-0.1, -0.05) is 0 Å². The van der Waals surface area contributed by atoms with Crippen LogP contribution in [0.25, 0.3) is 11.0 Å². The van der Waals surface area contributed by atoms with Crippen LogP contribution in [0.2, 0.25) is 0 Å². The fourth-order valence-corrected chi connectivity index (χ4v) is 5.72. The summed E-state index contributed by atoms with van der Waals surface area (Å²) in [4.78, 5) is 19.1. The third kappa shape index (κ3) is 4.01. The highest BCUT2D eigenvalue weighted by molar-refractivity contribution is 5.77. The van der Waals surface area contributed by atoms with Crippen molar-refractivity contribution in [2.75, 3.05) is 19.7 Å². The minimum Gasteiger partial charge on any atom is -0.441 e. The molecule has 1 amide bonds. The second-order valence-corrected chi connectivity index (χ2v) is 9.84. The number of carbonyl (C=O) groups excluding carboxylic acids is 1. The lowest BCUT2D eigenvalue weighted by Crippen LogP contribution is -2.47. The molecule has 7 nitrogen and oxygen atoms in total. The Balaban J connectivity index is 1.28. The van der Waals surface area contributed by atoms with Gasteiger partial charge in [0.05, 0.1) is 47.7 Å². The summed E-state index contributed by atoms with van der Waals surface area (Å²) in [7, 11) is 0. The van der Waals surface area contributed by atoms with Crippen molar-refractivity contribution in [1.82, 2.24) is 14.5 Å². The van der Waals surface area contributed by atoms with Crippen LogP contribution in [-0.4, -0.2) is 51.4 Å². The minimum absolute atomic E-state index is 0.192. The Morgan fingerprint density at radius 1 is 1.29 bits per heavy atom. The summed E-state index contributed by atoms with van der Waals surface area (Å²) in [6, 6.07) is 7.82. The summed E-state index contributed by atoms with van der Waals surface area (Å²) in [5.74, 6) is 0.408. The predicted molar refractivity (Wildman–Crippen MR) is 115 cm³/mol. The standard InChI is InChI=1S/C24H30N4O3/c1-23(8-2-3-10-30-23)15-28-16-24(31-22(28)29)9-4-5-19(12-24)14-27-17-26-20-7-6-18(13-25)11-21(20)27/h6-7,11,17,19H,2-5,8-10,12,14-16H2,1H3. The molecular weight excluding hydrogens is 392 g/mol. The molecule has 164 valence electrons. The quantitative estimate of drug-likeness (QED) is 0.736. The summed E-state index contributed by atoms with van der Waals surface area (Å²) >= 11 is 0. The molecule has 1 aliphatic carbocycles. The van der Waals surface area contributed by atoms with Gasteiger partial charge in [0, 0.05) is 13.2 Å². The van der Waals surface area contributed by atoms with Gasteiger partial charge in [0.25, 0.3) is 0 Å². The normalized spacial score (nSPS) is 31.2. The second kappa shape index (κ2) is 7.83. The Bertz CT molecular complexity index is 1020. The Labute approximate surface area is 182 Å². The lowest BCUT2D eigenvalue weighted by atomic mass is 9.77. The number of imidazole rings is 1. The highest BCUT2D eigenvalue weighted by Crippen LogP contribution is 2.41. The molecule has 2 saturated heterocycles. The number of nitrogens with zero attached hydrogens (tertiary/aromatic N) is 4. The smallest absolute Gasteiger partial charge is 0.410 e. The van der Waals surface area contributed by atoms with Crippen molar-refractivity contribution in [1.29, 1.82) is 5.26 Å². The highest BCUT2D eigenvalue weighted by Gasteiger charge is 2.49. The van der Waals surface area contributed by atoms with E-state index in [9.17, 15) is 10.1 Å². The summed E-state index contributed by atoms with van der Waals surface area (Å²) in [5.41, 5.74) is 1.90. The molecule has 3 atom stereocenters. The van der Waals surface area contributed by atoms with Gasteiger partial charge in [-0.25, -0.2) is 9.78 Å². The van der Waals surface area contributed by atoms with E-state index in [0.29, 0.717) is 24.6 Å². The molecule has 5 rings (SSSR count). The number of hydrogen-bond acceptors (Lipinski definition) is 5. The van der Waals surface area contributed by atoms with Gasteiger partial charge in [-0.15, -0.1) is 0 Å². The molecule has 0 bridgehead atoms. The van der Waals surface area contributed by atoms with Crippen LogP contribution in [-0.2, 0) is 16.0 Å². The molecule has 31 heavy (non-hydrogen) atoms. The first-order valence-corrected chi connectivity index (χ1v) is 11.4. The molecule has 0 radical (unpaired) electrons. The first-order valence-electron chi connectivity index (χ1n) is 11.4. The third-order valence-electron chi connectivity index (χ3n) is 7.23. The Morgan fingerprint density at radius 2 is 2.19 bits per heavy atom. The Kier molecular flexibility index (Phi) is 5.13. The molecule has 3 unspecified atom stereocenters. The first kappa shape index (κ1) is 20.3. The second-order valence-electron chi connectivity index (χ2n) is 9.84. The Hall–Kier alpha value is -2.59. The molecule has 1 aromatic carbocycles. The lowest BCUT2D eigenvalue weighted by Gasteiger charge is -2.38. The predicted octanol–water partition coefficient (Wildman–Crippen LogP) is 4.25. The molecule has 1 aromatic heterocycles. The maximum Gasteiger partial charge on any atom is 0.410 e. The van der Waals surface area contributed by atoms with Crippen LogP contribution in [0.15, 0.2) is 24.5 Å². The average molecular weight is 423 g/mol. The van der Waals surface area contributed by atoms with E-state index in [1.807, 2.05) is 23.4 Å². The zero-order chi connectivity index (χ0) is 21.5. The van der Waals surface area contributed by atoms with Crippen molar-refractivity contribution in [3.05, 3.63) is 30.1 Å². The number of amides is 1. The van der Waals surface area contributed by atoms with Crippen molar-refractivity contribution >= 4 is 17.1 Å².